The summed E-state index contributed by atoms with van der Waals surface area (Å²) in [5, 5.41) is 5.28. The molecule has 1 aromatic heterocycles. The Kier molecular flexibility index (Phi) is 4.19. The number of aromatic amines is 1. The molecule has 0 bridgehead atoms. The van der Waals surface area contributed by atoms with Gasteiger partial charge in [-0.1, -0.05) is 61.5 Å². The topological polar surface area (TPSA) is 70.9 Å². The van der Waals surface area contributed by atoms with Crippen molar-refractivity contribution in [2.24, 2.45) is 5.73 Å². The number of hydrogen-bond acceptors (Lipinski definition) is 2. The number of H-pyrrole nitrogens is 1. The third-order valence-electron chi connectivity index (χ3n) is 4.81. The third kappa shape index (κ3) is 2.85. The van der Waals surface area contributed by atoms with Crippen LogP contribution in [-0.2, 0) is 11.2 Å². The van der Waals surface area contributed by atoms with Crippen molar-refractivity contribution in [2.45, 2.75) is 19.4 Å². The van der Waals surface area contributed by atoms with Crippen LogP contribution >= 0.6 is 0 Å². The SMILES string of the molecule is CCc1cccc2c1[nH]c1cc(NC(=O)[C@@H](N)c3ccccc3)ccc12. The molecule has 26 heavy (non-hydrogen) atoms. The van der Waals surface area contributed by atoms with Crippen molar-refractivity contribution in [1.29, 1.82) is 0 Å². The van der Waals surface area contributed by atoms with Crippen molar-refractivity contribution in [3.8, 4) is 0 Å². The van der Waals surface area contributed by atoms with Crippen LogP contribution in [-0.4, -0.2) is 10.9 Å². The number of fused-ring (bicyclic) bond motifs is 3. The first kappa shape index (κ1) is 16.4. The highest BCUT2D eigenvalue weighted by atomic mass is 16.2. The number of rotatable bonds is 4. The maximum absolute atomic E-state index is 12.5. The number of carbonyl (C=O) groups excluding carboxylic acids is 1. The molecule has 0 saturated carbocycles. The quantitative estimate of drug-likeness (QED) is 0.510. The maximum atomic E-state index is 12.5. The summed E-state index contributed by atoms with van der Waals surface area (Å²) in [5.74, 6) is -0.221. The second-order valence-corrected chi connectivity index (χ2v) is 6.46. The van der Waals surface area contributed by atoms with E-state index < -0.39 is 6.04 Å². The standard InChI is InChI=1S/C22H21N3O/c1-2-14-9-6-10-18-17-12-11-16(13-19(17)25-21(14)18)24-22(26)20(23)15-7-4-3-5-8-15/h3-13,20,25H,2,23H2,1H3,(H,24,26)/t20-/m0/s1. The Morgan fingerprint density at radius 2 is 1.85 bits per heavy atom. The van der Waals surface area contributed by atoms with Gasteiger partial charge in [0.1, 0.15) is 6.04 Å². The number of carbonyl (C=O) groups is 1. The molecule has 4 N–H and O–H groups in total. The summed E-state index contributed by atoms with van der Waals surface area (Å²) >= 11 is 0. The van der Waals surface area contributed by atoms with Crippen molar-refractivity contribution >= 4 is 33.4 Å². The molecule has 4 rings (SSSR count). The molecule has 4 aromatic rings. The maximum Gasteiger partial charge on any atom is 0.245 e. The fourth-order valence-electron chi connectivity index (χ4n) is 3.39. The molecular weight excluding hydrogens is 322 g/mol. The van der Waals surface area contributed by atoms with Gasteiger partial charge in [0.15, 0.2) is 0 Å². The first-order valence-electron chi connectivity index (χ1n) is 8.82. The van der Waals surface area contributed by atoms with Gasteiger partial charge in [-0.3, -0.25) is 4.79 Å². The average Bonchev–Trinajstić information content (AvgIpc) is 3.05. The second-order valence-electron chi connectivity index (χ2n) is 6.46. The lowest BCUT2D eigenvalue weighted by molar-refractivity contribution is -0.117. The number of para-hydroxylation sites is 1. The van der Waals surface area contributed by atoms with Gasteiger partial charge in [0.05, 0.1) is 0 Å². The highest BCUT2D eigenvalue weighted by Gasteiger charge is 2.16. The van der Waals surface area contributed by atoms with E-state index in [4.69, 9.17) is 5.73 Å². The lowest BCUT2D eigenvalue weighted by Crippen LogP contribution is -2.27. The Hall–Kier alpha value is -3.11. The Balaban J connectivity index is 1.65. The zero-order valence-electron chi connectivity index (χ0n) is 14.6. The minimum absolute atomic E-state index is 0.221. The highest BCUT2D eigenvalue weighted by molar-refractivity contribution is 6.09. The number of aromatic nitrogens is 1. The minimum atomic E-state index is -0.693. The number of aryl methyl sites for hydroxylation is 1. The molecular formula is C22H21N3O. The average molecular weight is 343 g/mol. The molecule has 0 spiro atoms. The van der Waals surface area contributed by atoms with Gasteiger partial charge < -0.3 is 16.0 Å². The van der Waals surface area contributed by atoms with Crippen LogP contribution in [0.15, 0.2) is 66.7 Å². The predicted octanol–water partition coefficient (Wildman–Crippen LogP) is 4.52. The zero-order chi connectivity index (χ0) is 18.1. The van der Waals surface area contributed by atoms with Gasteiger partial charge in [-0.15, -0.1) is 0 Å². The molecule has 0 aliphatic rings. The lowest BCUT2D eigenvalue weighted by atomic mass is 10.1. The number of nitrogens with one attached hydrogen (secondary N) is 2. The van der Waals surface area contributed by atoms with Crippen molar-refractivity contribution < 1.29 is 4.79 Å². The molecule has 0 unspecified atom stereocenters. The summed E-state index contributed by atoms with van der Waals surface area (Å²) in [7, 11) is 0. The second kappa shape index (κ2) is 6.65. The van der Waals surface area contributed by atoms with Gasteiger partial charge in [-0.2, -0.15) is 0 Å². The van der Waals surface area contributed by atoms with Gasteiger partial charge in [-0.05, 0) is 29.7 Å². The fraction of sp³-hybridized carbons (Fsp3) is 0.136. The van der Waals surface area contributed by atoms with Crippen LogP contribution in [0.5, 0.6) is 0 Å². The molecule has 4 nitrogen and oxygen atoms in total. The summed E-state index contributed by atoms with van der Waals surface area (Å²) in [6.45, 7) is 2.15. The van der Waals surface area contributed by atoms with Crippen LogP contribution in [0.4, 0.5) is 5.69 Å². The van der Waals surface area contributed by atoms with E-state index in [1.807, 2.05) is 48.5 Å². The predicted molar refractivity (Wildman–Crippen MR) is 107 cm³/mol. The van der Waals surface area contributed by atoms with Crippen LogP contribution in [0.2, 0.25) is 0 Å². The molecule has 0 aliphatic heterocycles. The van der Waals surface area contributed by atoms with E-state index in [-0.39, 0.29) is 5.91 Å². The van der Waals surface area contributed by atoms with E-state index in [1.54, 1.807) is 0 Å². The first-order valence-corrected chi connectivity index (χ1v) is 8.82. The van der Waals surface area contributed by atoms with Crippen LogP contribution in [0, 0.1) is 0 Å². The van der Waals surface area contributed by atoms with E-state index in [1.165, 1.54) is 10.9 Å². The normalized spacial score (nSPS) is 12.4. The van der Waals surface area contributed by atoms with Crippen molar-refractivity contribution in [3.05, 3.63) is 77.9 Å². The Morgan fingerprint density at radius 1 is 1.04 bits per heavy atom. The van der Waals surface area contributed by atoms with Crippen LogP contribution < -0.4 is 11.1 Å². The van der Waals surface area contributed by atoms with Crippen LogP contribution in [0.3, 0.4) is 0 Å². The number of amides is 1. The number of hydrogen-bond donors (Lipinski definition) is 3. The summed E-state index contributed by atoms with van der Waals surface area (Å²) < 4.78 is 0. The van der Waals surface area contributed by atoms with Gasteiger partial charge in [-0.25, -0.2) is 0 Å². The van der Waals surface area contributed by atoms with Gasteiger partial charge in [0.25, 0.3) is 0 Å². The lowest BCUT2D eigenvalue weighted by Gasteiger charge is -2.12. The molecule has 4 heteroatoms. The number of anilines is 1. The molecule has 1 amide bonds. The molecule has 130 valence electrons. The first-order chi connectivity index (χ1) is 12.7. The monoisotopic (exact) mass is 343 g/mol. The smallest absolute Gasteiger partial charge is 0.245 e. The van der Waals surface area contributed by atoms with Crippen molar-refractivity contribution in [2.75, 3.05) is 5.32 Å². The summed E-state index contributed by atoms with van der Waals surface area (Å²) in [5.41, 5.74) is 11.1. The molecule has 0 aliphatic carbocycles. The fourth-order valence-corrected chi connectivity index (χ4v) is 3.39. The number of nitrogens with two attached hydrogens (primary N) is 1. The van der Waals surface area contributed by atoms with Crippen molar-refractivity contribution in [1.82, 2.24) is 4.98 Å². The third-order valence-corrected chi connectivity index (χ3v) is 4.81. The van der Waals surface area contributed by atoms with Gasteiger partial charge in [0, 0.05) is 27.5 Å². The summed E-state index contributed by atoms with van der Waals surface area (Å²) in [6.07, 6.45) is 0.972. The van der Waals surface area contributed by atoms with E-state index >= 15 is 0 Å². The molecule has 0 fully saturated rings. The Bertz CT molecular complexity index is 1080. The molecule has 1 atom stereocenters. The summed E-state index contributed by atoms with van der Waals surface area (Å²) in [4.78, 5) is 16.0. The van der Waals surface area contributed by atoms with Gasteiger partial charge in [0.2, 0.25) is 5.91 Å². The van der Waals surface area contributed by atoms with Crippen LogP contribution in [0.1, 0.15) is 24.1 Å². The minimum Gasteiger partial charge on any atom is -0.354 e. The summed E-state index contributed by atoms with van der Waals surface area (Å²) in [6, 6.07) is 21.0. The molecule has 1 heterocycles. The van der Waals surface area contributed by atoms with Crippen molar-refractivity contribution in [3.63, 3.8) is 0 Å². The van der Waals surface area contributed by atoms with E-state index in [0.717, 1.165) is 34.1 Å². The van der Waals surface area contributed by atoms with Crippen LogP contribution in [0.25, 0.3) is 21.8 Å². The largest absolute Gasteiger partial charge is 0.354 e. The number of benzene rings is 3. The van der Waals surface area contributed by atoms with E-state index in [9.17, 15) is 4.79 Å². The van der Waals surface area contributed by atoms with E-state index in [0.29, 0.717) is 0 Å². The molecule has 3 aromatic carbocycles. The van der Waals surface area contributed by atoms with E-state index in [2.05, 4.69) is 35.4 Å². The van der Waals surface area contributed by atoms with Gasteiger partial charge >= 0.3 is 0 Å². The molecule has 0 saturated heterocycles. The molecule has 0 radical (unpaired) electrons. The highest BCUT2D eigenvalue weighted by Crippen LogP contribution is 2.30. The Morgan fingerprint density at radius 3 is 2.62 bits per heavy atom. The zero-order valence-corrected chi connectivity index (χ0v) is 14.6. The Labute approximate surface area is 152 Å².